The van der Waals surface area contributed by atoms with Crippen LogP contribution in [-0.4, -0.2) is 84.3 Å². The lowest BCUT2D eigenvalue weighted by molar-refractivity contribution is -0.138. The zero-order valence-electron chi connectivity index (χ0n) is 18.5. The van der Waals surface area contributed by atoms with E-state index in [-0.39, 0.29) is 23.8 Å². The smallest absolute Gasteiger partial charge is 0.264 e. The van der Waals surface area contributed by atoms with Crippen molar-refractivity contribution in [1.29, 1.82) is 0 Å². The summed E-state index contributed by atoms with van der Waals surface area (Å²) in [5.74, 6) is -0.324. The number of amides is 3. The summed E-state index contributed by atoms with van der Waals surface area (Å²) in [6.07, 6.45) is 3.31. The molecule has 33 heavy (non-hydrogen) atoms. The van der Waals surface area contributed by atoms with E-state index in [1.54, 1.807) is 28.4 Å². The summed E-state index contributed by atoms with van der Waals surface area (Å²) >= 11 is 8.75. The number of likely N-dealkylation sites (tertiary alicyclic amines) is 2. The molecule has 10 heteroatoms. The van der Waals surface area contributed by atoms with Gasteiger partial charge in [-0.25, -0.2) is 0 Å². The number of hydrogen-bond donors (Lipinski definition) is 1. The average Bonchev–Trinajstić information content (AvgIpc) is 3.45. The third-order valence-electron chi connectivity index (χ3n) is 6.74. The van der Waals surface area contributed by atoms with Crippen molar-refractivity contribution in [3.63, 3.8) is 0 Å². The number of halogens is 1. The molecule has 0 aromatic carbocycles. The van der Waals surface area contributed by atoms with Gasteiger partial charge in [-0.3, -0.25) is 14.4 Å². The maximum Gasteiger partial charge on any atom is 0.264 e. The third-order valence-corrected chi connectivity index (χ3v) is 9.19. The first-order chi connectivity index (χ1) is 15.9. The molecule has 2 aromatic rings. The molecule has 3 aliphatic rings. The number of thiophene rings is 2. The number of nitrogens with zero attached hydrogens (tertiary/aromatic N) is 3. The van der Waals surface area contributed by atoms with Gasteiger partial charge < -0.3 is 20.0 Å². The highest BCUT2D eigenvalue weighted by Crippen LogP contribution is 2.31. The van der Waals surface area contributed by atoms with Gasteiger partial charge in [0.1, 0.15) is 6.04 Å². The van der Waals surface area contributed by atoms with Crippen LogP contribution in [0.1, 0.15) is 42.6 Å². The molecule has 2 aromatic heterocycles. The number of rotatable bonds is 4. The van der Waals surface area contributed by atoms with Crippen molar-refractivity contribution >= 4 is 52.0 Å². The summed E-state index contributed by atoms with van der Waals surface area (Å²) in [6.45, 7) is 3.78. The summed E-state index contributed by atoms with van der Waals surface area (Å²) in [4.78, 5) is 47.7. The molecule has 2 saturated heterocycles. The summed E-state index contributed by atoms with van der Waals surface area (Å²) < 4.78 is 0.554. The molecule has 2 fully saturated rings. The molecular formula is C23H27ClN4O3S2. The summed E-state index contributed by atoms with van der Waals surface area (Å²) in [6, 6.07) is 4.60. The fourth-order valence-corrected chi connectivity index (χ4v) is 6.79. The van der Waals surface area contributed by atoms with Crippen molar-refractivity contribution in [2.45, 2.75) is 37.8 Å². The molecule has 1 N–H and O–H groups in total. The minimum absolute atomic E-state index is 0.00902. The van der Waals surface area contributed by atoms with Crippen molar-refractivity contribution in [3.8, 4) is 0 Å². The maximum atomic E-state index is 13.6. The molecule has 7 nitrogen and oxygen atoms in total. The van der Waals surface area contributed by atoms with E-state index in [9.17, 15) is 14.4 Å². The molecule has 3 aliphatic heterocycles. The molecule has 0 aliphatic carbocycles. The first kappa shape index (κ1) is 22.8. The summed E-state index contributed by atoms with van der Waals surface area (Å²) in [5, 5.41) is 3.01. The van der Waals surface area contributed by atoms with Crippen LogP contribution < -0.4 is 5.32 Å². The van der Waals surface area contributed by atoms with Crippen molar-refractivity contribution in [1.82, 2.24) is 20.0 Å². The largest absolute Gasteiger partial charge is 0.347 e. The van der Waals surface area contributed by atoms with E-state index in [0.29, 0.717) is 27.1 Å². The van der Waals surface area contributed by atoms with Crippen molar-refractivity contribution < 1.29 is 14.4 Å². The van der Waals surface area contributed by atoms with Gasteiger partial charge in [-0.05, 0) is 56.5 Å². The first-order valence-corrected chi connectivity index (χ1v) is 13.4. The Kier molecular flexibility index (Phi) is 6.48. The Labute approximate surface area is 206 Å². The lowest BCUT2D eigenvalue weighted by atomic mass is 10.1. The van der Waals surface area contributed by atoms with E-state index in [1.165, 1.54) is 21.8 Å². The lowest BCUT2D eigenvalue weighted by Crippen LogP contribution is -2.52. The van der Waals surface area contributed by atoms with Crippen LogP contribution in [0.2, 0.25) is 4.34 Å². The first-order valence-electron chi connectivity index (χ1n) is 11.3. The van der Waals surface area contributed by atoms with E-state index in [0.717, 1.165) is 45.4 Å². The number of likely N-dealkylation sites (N-methyl/N-ethyl adjacent to an activating group) is 1. The van der Waals surface area contributed by atoms with Crippen molar-refractivity contribution in [3.05, 3.63) is 42.7 Å². The monoisotopic (exact) mass is 506 g/mol. The Morgan fingerprint density at radius 3 is 2.55 bits per heavy atom. The van der Waals surface area contributed by atoms with Gasteiger partial charge in [0.15, 0.2) is 0 Å². The standard InChI is InChI=1S/C23H27ClN4O3S2/c1-26-9-5-14-11-19(32-17(14)6-10-26)23(31)28-13-15(12-16(28)22(30)27-7-2-8-27)25-21(29)18-3-4-20(24)33-18/h3-4,11,15-16H,2,5-10,12-13H2,1H3,(H,25,29)/t15-,16+/m1/s1. The number of hydrogen-bond acceptors (Lipinski definition) is 6. The summed E-state index contributed by atoms with van der Waals surface area (Å²) in [7, 11) is 2.12. The molecule has 0 radical (unpaired) electrons. The lowest BCUT2D eigenvalue weighted by Gasteiger charge is -2.35. The fourth-order valence-electron chi connectivity index (χ4n) is 4.69. The molecule has 176 valence electrons. The molecule has 0 bridgehead atoms. The van der Waals surface area contributed by atoms with Crippen molar-refractivity contribution in [2.75, 3.05) is 39.8 Å². The van der Waals surface area contributed by atoms with Gasteiger partial charge in [-0.1, -0.05) is 11.6 Å². The highest BCUT2D eigenvalue weighted by atomic mass is 35.5. The van der Waals surface area contributed by atoms with Gasteiger partial charge >= 0.3 is 0 Å². The number of carbonyl (C=O) groups is 3. The van der Waals surface area contributed by atoms with Gasteiger partial charge in [-0.2, -0.15) is 0 Å². The van der Waals surface area contributed by atoms with E-state index >= 15 is 0 Å². The Morgan fingerprint density at radius 1 is 1.06 bits per heavy atom. The Balaban J connectivity index is 1.34. The Morgan fingerprint density at radius 2 is 1.85 bits per heavy atom. The van der Waals surface area contributed by atoms with Crippen LogP contribution in [0.4, 0.5) is 0 Å². The van der Waals surface area contributed by atoms with Gasteiger partial charge in [0.2, 0.25) is 5.91 Å². The fraction of sp³-hybridized carbons (Fsp3) is 0.522. The predicted molar refractivity (Wildman–Crippen MR) is 130 cm³/mol. The average molecular weight is 507 g/mol. The van der Waals surface area contributed by atoms with Gasteiger partial charge in [0.05, 0.1) is 14.1 Å². The number of carbonyl (C=O) groups excluding carboxylic acids is 3. The van der Waals surface area contributed by atoms with Gasteiger partial charge in [-0.15, -0.1) is 22.7 Å². The second-order valence-electron chi connectivity index (χ2n) is 9.02. The van der Waals surface area contributed by atoms with E-state index < -0.39 is 6.04 Å². The van der Waals surface area contributed by atoms with Gasteiger partial charge in [0, 0.05) is 43.6 Å². The molecule has 5 heterocycles. The van der Waals surface area contributed by atoms with Crippen LogP contribution >= 0.6 is 34.3 Å². The second-order valence-corrected chi connectivity index (χ2v) is 11.9. The van der Waals surface area contributed by atoms with E-state index in [1.807, 2.05) is 11.0 Å². The minimum Gasteiger partial charge on any atom is -0.347 e. The molecule has 0 unspecified atom stereocenters. The maximum absolute atomic E-state index is 13.6. The highest BCUT2D eigenvalue weighted by Gasteiger charge is 2.43. The molecule has 3 amide bonds. The quantitative estimate of drug-likeness (QED) is 0.692. The predicted octanol–water partition coefficient (Wildman–Crippen LogP) is 2.74. The third kappa shape index (κ3) is 4.69. The molecule has 0 spiro atoms. The van der Waals surface area contributed by atoms with Crippen LogP contribution in [0.5, 0.6) is 0 Å². The van der Waals surface area contributed by atoms with E-state index in [2.05, 4.69) is 17.3 Å². The Bertz CT molecular complexity index is 1050. The Hall–Kier alpha value is -1.94. The molecule has 5 rings (SSSR count). The normalized spacial score (nSPS) is 23.1. The van der Waals surface area contributed by atoms with Crippen LogP contribution in [-0.2, 0) is 17.6 Å². The molecule has 2 atom stereocenters. The van der Waals surface area contributed by atoms with E-state index in [4.69, 9.17) is 11.6 Å². The number of fused-ring (bicyclic) bond motifs is 1. The SMILES string of the molecule is CN1CCc2cc(C(=O)N3C[C@H](NC(=O)c4ccc(Cl)s4)C[C@H]3C(=O)N3CCC3)sc2CC1. The molecule has 0 saturated carbocycles. The number of nitrogens with one attached hydrogen (secondary N) is 1. The zero-order valence-corrected chi connectivity index (χ0v) is 20.9. The minimum atomic E-state index is -0.539. The topological polar surface area (TPSA) is 73.0 Å². The van der Waals surface area contributed by atoms with Crippen LogP contribution in [0, 0.1) is 0 Å². The zero-order chi connectivity index (χ0) is 23.1. The second kappa shape index (κ2) is 9.37. The summed E-state index contributed by atoms with van der Waals surface area (Å²) in [5.41, 5.74) is 1.25. The van der Waals surface area contributed by atoms with Crippen LogP contribution in [0.15, 0.2) is 18.2 Å². The van der Waals surface area contributed by atoms with Crippen molar-refractivity contribution in [2.24, 2.45) is 0 Å². The van der Waals surface area contributed by atoms with Gasteiger partial charge in [0.25, 0.3) is 11.8 Å². The highest BCUT2D eigenvalue weighted by molar-refractivity contribution is 7.18. The molecular weight excluding hydrogens is 480 g/mol. The van der Waals surface area contributed by atoms with Crippen LogP contribution in [0.3, 0.4) is 0 Å². The van der Waals surface area contributed by atoms with Crippen LogP contribution in [0.25, 0.3) is 0 Å².